The summed E-state index contributed by atoms with van der Waals surface area (Å²) in [6, 6.07) is 6.36. The van der Waals surface area contributed by atoms with Gasteiger partial charge < -0.3 is 5.11 Å². The Hall–Kier alpha value is -1.80. The molecule has 0 atom stereocenters. The predicted molar refractivity (Wildman–Crippen MR) is 76.5 cm³/mol. The monoisotopic (exact) mass is 301 g/mol. The van der Waals surface area contributed by atoms with Crippen LogP contribution in [0.4, 0.5) is 10.5 Å². The molecule has 8 heteroatoms. The number of hydrogen-bond donors (Lipinski definition) is 3. The van der Waals surface area contributed by atoms with Crippen molar-refractivity contribution in [2.24, 2.45) is 5.14 Å². The molecule has 0 aliphatic rings. The Morgan fingerprint density at radius 3 is 2.15 bits per heavy atom. The molecule has 0 heterocycles. The molecule has 7 nitrogen and oxygen atoms in total. The van der Waals surface area contributed by atoms with Crippen LogP contribution < -0.4 is 9.86 Å². The van der Waals surface area contributed by atoms with Gasteiger partial charge in [0.15, 0.2) is 0 Å². The second-order valence-corrected chi connectivity index (χ2v) is 6.68. The molecule has 20 heavy (non-hydrogen) atoms. The van der Waals surface area contributed by atoms with Crippen LogP contribution in [0.5, 0.6) is 0 Å². The predicted octanol–water partition coefficient (Wildman–Crippen LogP) is 1.58. The lowest BCUT2D eigenvalue weighted by molar-refractivity contribution is 0.0955. The summed E-state index contributed by atoms with van der Waals surface area (Å²) in [6.07, 6.45) is -1.01. The van der Waals surface area contributed by atoms with E-state index in [0.717, 1.165) is 5.56 Å². The van der Waals surface area contributed by atoms with Crippen molar-refractivity contribution in [1.82, 2.24) is 4.90 Å². The van der Waals surface area contributed by atoms with Crippen molar-refractivity contribution in [1.29, 1.82) is 0 Å². The van der Waals surface area contributed by atoms with Gasteiger partial charge in [0, 0.05) is 17.8 Å². The summed E-state index contributed by atoms with van der Waals surface area (Å²) in [5.41, 5.74) is 0.555. The Kier molecular flexibility index (Phi) is 4.61. The average Bonchev–Trinajstić information content (AvgIpc) is 2.23. The van der Waals surface area contributed by atoms with Gasteiger partial charge in [-0.15, -0.1) is 0 Å². The Labute approximate surface area is 118 Å². The highest BCUT2D eigenvalue weighted by Crippen LogP contribution is 2.19. The van der Waals surface area contributed by atoms with Gasteiger partial charge in [-0.25, -0.2) is 9.93 Å². The van der Waals surface area contributed by atoms with Gasteiger partial charge in [0.25, 0.3) is 10.2 Å². The van der Waals surface area contributed by atoms with Crippen molar-refractivity contribution >= 4 is 22.0 Å². The van der Waals surface area contributed by atoms with Crippen LogP contribution in [0, 0.1) is 0 Å². The number of carboxylic acid groups (broad SMARTS) is 1. The van der Waals surface area contributed by atoms with E-state index >= 15 is 0 Å². The van der Waals surface area contributed by atoms with Gasteiger partial charge in [0.05, 0.1) is 0 Å². The highest BCUT2D eigenvalue weighted by Gasteiger charge is 2.25. The van der Waals surface area contributed by atoms with Gasteiger partial charge in [-0.1, -0.05) is 12.1 Å². The summed E-state index contributed by atoms with van der Waals surface area (Å²) in [5.74, 6) is 0. The van der Waals surface area contributed by atoms with Crippen LogP contribution in [0.3, 0.4) is 0 Å². The smallest absolute Gasteiger partial charge is 0.408 e. The molecule has 1 aromatic rings. The zero-order chi connectivity index (χ0) is 15.6. The standard InChI is InChI=1S/C12H19N3O4S/c1-12(2,3)15(11(16)17)8-9-4-6-10(7-5-9)14-20(13,18)19/h4-7,14H,8H2,1-3H3,(H,16,17)(H2,13,18,19). The molecule has 4 N–H and O–H groups in total. The SMILES string of the molecule is CC(C)(C)N(Cc1ccc(NS(N)(=O)=O)cc1)C(=O)O. The maximum absolute atomic E-state index is 11.2. The lowest BCUT2D eigenvalue weighted by Crippen LogP contribution is -2.44. The first-order valence-corrected chi connectivity index (χ1v) is 7.44. The second kappa shape index (κ2) is 5.68. The molecule has 1 amide bonds. The fraction of sp³-hybridized carbons (Fsp3) is 0.417. The fourth-order valence-electron chi connectivity index (χ4n) is 1.62. The quantitative estimate of drug-likeness (QED) is 0.783. The molecule has 0 aliphatic carbocycles. The molecule has 112 valence electrons. The highest BCUT2D eigenvalue weighted by molar-refractivity contribution is 7.90. The minimum absolute atomic E-state index is 0.217. The first-order valence-electron chi connectivity index (χ1n) is 5.89. The third-order valence-electron chi connectivity index (χ3n) is 2.60. The Morgan fingerprint density at radius 2 is 1.80 bits per heavy atom. The van der Waals surface area contributed by atoms with Crippen molar-refractivity contribution in [3.05, 3.63) is 29.8 Å². The molecule has 0 bridgehead atoms. The van der Waals surface area contributed by atoms with Crippen LogP contribution in [0.15, 0.2) is 24.3 Å². The van der Waals surface area contributed by atoms with Crippen LogP contribution in [0.1, 0.15) is 26.3 Å². The third-order valence-corrected chi connectivity index (χ3v) is 3.12. The van der Waals surface area contributed by atoms with Crippen LogP contribution in [-0.2, 0) is 16.8 Å². The summed E-state index contributed by atoms with van der Waals surface area (Å²) in [7, 11) is -3.80. The Morgan fingerprint density at radius 1 is 1.30 bits per heavy atom. The van der Waals surface area contributed by atoms with Gasteiger partial charge >= 0.3 is 6.09 Å². The number of nitrogens with two attached hydrogens (primary N) is 1. The number of anilines is 1. The molecular formula is C12H19N3O4S. The van der Waals surface area contributed by atoms with E-state index in [1.54, 1.807) is 32.9 Å². The van der Waals surface area contributed by atoms with Crippen molar-refractivity contribution in [2.75, 3.05) is 4.72 Å². The Bertz CT molecular complexity index is 576. The largest absolute Gasteiger partial charge is 0.465 e. The number of amides is 1. The minimum atomic E-state index is -3.80. The van der Waals surface area contributed by atoms with Crippen molar-refractivity contribution in [3.8, 4) is 0 Å². The third kappa shape index (κ3) is 5.06. The number of benzene rings is 1. The lowest BCUT2D eigenvalue weighted by Gasteiger charge is -2.33. The molecule has 0 saturated heterocycles. The van der Waals surface area contributed by atoms with Crippen LogP contribution in [0.2, 0.25) is 0 Å². The van der Waals surface area contributed by atoms with E-state index < -0.39 is 21.8 Å². The number of nitrogens with zero attached hydrogens (tertiary/aromatic N) is 1. The first kappa shape index (κ1) is 16.3. The lowest BCUT2D eigenvalue weighted by atomic mass is 10.1. The topological polar surface area (TPSA) is 113 Å². The van der Waals surface area contributed by atoms with Crippen LogP contribution in [0.25, 0.3) is 0 Å². The summed E-state index contributed by atoms with van der Waals surface area (Å²) < 4.78 is 23.9. The van der Waals surface area contributed by atoms with E-state index in [1.165, 1.54) is 17.0 Å². The highest BCUT2D eigenvalue weighted by atomic mass is 32.2. The molecule has 1 aromatic carbocycles. The van der Waals surface area contributed by atoms with E-state index in [0.29, 0.717) is 5.69 Å². The average molecular weight is 301 g/mol. The molecule has 0 aliphatic heterocycles. The van der Waals surface area contributed by atoms with Crippen molar-refractivity contribution < 1.29 is 18.3 Å². The van der Waals surface area contributed by atoms with Crippen LogP contribution >= 0.6 is 0 Å². The van der Waals surface area contributed by atoms with Gasteiger partial charge in [-0.3, -0.25) is 9.62 Å². The number of hydrogen-bond acceptors (Lipinski definition) is 3. The van der Waals surface area contributed by atoms with Gasteiger partial charge in [0.1, 0.15) is 0 Å². The molecule has 1 rings (SSSR count). The van der Waals surface area contributed by atoms with Gasteiger partial charge in [-0.05, 0) is 38.5 Å². The van der Waals surface area contributed by atoms with Crippen molar-refractivity contribution in [2.45, 2.75) is 32.9 Å². The summed E-state index contributed by atoms with van der Waals surface area (Å²) in [6.45, 7) is 5.63. The molecular weight excluding hydrogens is 282 g/mol. The summed E-state index contributed by atoms with van der Waals surface area (Å²) in [4.78, 5) is 12.5. The number of nitrogens with one attached hydrogen (secondary N) is 1. The van der Waals surface area contributed by atoms with E-state index in [9.17, 15) is 18.3 Å². The van der Waals surface area contributed by atoms with Crippen LogP contribution in [-0.4, -0.2) is 30.1 Å². The molecule has 0 aromatic heterocycles. The van der Waals surface area contributed by atoms with E-state index in [-0.39, 0.29) is 6.54 Å². The molecule has 0 radical (unpaired) electrons. The fourth-order valence-corrected chi connectivity index (χ4v) is 2.08. The van der Waals surface area contributed by atoms with E-state index in [1.807, 2.05) is 0 Å². The number of carbonyl (C=O) groups is 1. The zero-order valence-corrected chi connectivity index (χ0v) is 12.4. The van der Waals surface area contributed by atoms with Gasteiger partial charge in [-0.2, -0.15) is 8.42 Å². The second-order valence-electron chi connectivity index (χ2n) is 5.38. The maximum atomic E-state index is 11.2. The zero-order valence-electron chi connectivity index (χ0n) is 11.6. The normalized spacial score (nSPS) is 12.0. The Balaban J connectivity index is 2.86. The molecule has 0 fully saturated rings. The van der Waals surface area contributed by atoms with Crippen molar-refractivity contribution in [3.63, 3.8) is 0 Å². The summed E-state index contributed by atoms with van der Waals surface area (Å²) >= 11 is 0. The minimum Gasteiger partial charge on any atom is -0.465 e. The number of rotatable bonds is 4. The maximum Gasteiger partial charge on any atom is 0.408 e. The summed E-state index contributed by atoms with van der Waals surface area (Å²) in [5, 5.41) is 14.1. The van der Waals surface area contributed by atoms with E-state index in [4.69, 9.17) is 5.14 Å². The van der Waals surface area contributed by atoms with E-state index in [2.05, 4.69) is 4.72 Å². The molecule has 0 saturated carbocycles. The van der Waals surface area contributed by atoms with Gasteiger partial charge in [0.2, 0.25) is 0 Å². The molecule has 0 spiro atoms. The first-order chi connectivity index (χ1) is 8.99. The molecule has 0 unspecified atom stereocenters.